The van der Waals surface area contributed by atoms with E-state index in [1.54, 1.807) is 11.3 Å². The SMILES string of the molecule is Cc1ccc(C)c(NC(=O)[C@H](C)Sc2nc(-c3ccccc3)cs2)c1. The molecule has 5 heteroatoms. The number of carbonyl (C=O) groups excluding carboxylic acids is 1. The highest BCUT2D eigenvalue weighted by Gasteiger charge is 2.17. The second-order valence-electron chi connectivity index (χ2n) is 5.93. The summed E-state index contributed by atoms with van der Waals surface area (Å²) in [5.41, 5.74) is 5.13. The number of carbonyl (C=O) groups is 1. The van der Waals surface area contributed by atoms with E-state index in [9.17, 15) is 4.79 Å². The molecule has 0 aliphatic carbocycles. The number of thioether (sulfide) groups is 1. The number of nitrogens with zero attached hydrogens (tertiary/aromatic N) is 1. The maximum atomic E-state index is 12.5. The van der Waals surface area contributed by atoms with Crippen LogP contribution in [0, 0.1) is 13.8 Å². The van der Waals surface area contributed by atoms with Crippen LogP contribution in [0.15, 0.2) is 58.3 Å². The van der Waals surface area contributed by atoms with Crippen LogP contribution >= 0.6 is 23.1 Å². The number of rotatable bonds is 5. The van der Waals surface area contributed by atoms with Gasteiger partial charge in [-0.25, -0.2) is 4.98 Å². The lowest BCUT2D eigenvalue weighted by atomic mass is 10.1. The zero-order chi connectivity index (χ0) is 17.8. The van der Waals surface area contributed by atoms with Crippen molar-refractivity contribution in [2.24, 2.45) is 0 Å². The standard InChI is InChI=1S/C20H20N2OS2/c1-13-9-10-14(2)17(11-13)21-19(23)15(3)25-20-22-18(12-24-20)16-7-5-4-6-8-16/h4-12,15H,1-3H3,(H,21,23)/t15-/m0/s1. The van der Waals surface area contributed by atoms with Crippen molar-refractivity contribution in [3.63, 3.8) is 0 Å². The fourth-order valence-corrected chi connectivity index (χ4v) is 4.33. The van der Waals surface area contributed by atoms with E-state index in [0.29, 0.717) is 0 Å². The molecule has 0 spiro atoms. The van der Waals surface area contributed by atoms with E-state index < -0.39 is 0 Å². The predicted molar refractivity (Wildman–Crippen MR) is 107 cm³/mol. The van der Waals surface area contributed by atoms with Crippen LogP contribution in [-0.2, 0) is 4.79 Å². The molecule has 3 aromatic rings. The molecule has 0 fully saturated rings. The minimum Gasteiger partial charge on any atom is -0.325 e. The molecule has 1 atom stereocenters. The van der Waals surface area contributed by atoms with Gasteiger partial charge in [-0.3, -0.25) is 4.79 Å². The average molecular weight is 369 g/mol. The van der Waals surface area contributed by atoms with Crippen molar-refractivity contribution in [2.45, 2.75) is 30.4 Å². The van der Waals surface area contributed by atoms with Gasteiger partial charge in [0.1, 0.15) is 0 Å². The number of hydrogen-bond donors (Lipinski definition) is 1. The van der Waals surface area contributed by atoms with Gasteiger partial charge in [-0.05, 0) is 38.0 Å². The molecule has 0 unspecified atom stereocenters. The highest BCUT2D eigenvalue weighted by molar-refractivity contribution is 8.02. The van der Waals surface area contributed by atoms with Gasteiger partial charge in [0.15, 0.2) is 4.34 Å². The van der Waals surface area contributed by atoms with E-state index >= 15 is 0 Å². The molecular weight excluding hydrogens is 348 g/mol. The number of aryl methyl sites for hydroxylation is 2. The van der Waals surface area contributed by atoms with Crippen LogP contribution in [0.25, 0.3) is 11.3 Å². The summed E-state index contributed by atoms with van der Waals surface area (Å²) in [7, 11) is 0. The molecule has 0 radical (unpaired) electrons. The Balaban J connectivity index is 1.66. The van der Waals surface area contributed by atoms with E-state index in [4.69, 9.17) is 0 Å². The summed E-state index contributed by atoms with van der Waals surface area (Å²) in [6.07, 6.45) is 0. The van der Waals surface area contributed by atoms with Crippen molar-refractivity contribution in [1.29, 1.82) is 0 Å². The highest BCUT2D eigenvalue weighted by Crippen LogP contribution is 2.31. The Hall–Kier alpha value is -2.11. The maximum Gasteiger partial charge on any atom is 0.237 e. The molecule has 0 bridgehead atoms. The lowest BCUT2D eigenvalue weighted by molar-refractivity contribution is -0.115. The fourth-order valence-electron chi connectivity index (χ4n) is 2.36. The summed E-state index contributed by atoms with van der Waals surface area (Å²) < 4.78 is 0.905. The Morgan fingerprint density at radius 2 is 1.92 bits per heavy atom. The van der Waals surface area contributed by atoms with Gasteiger partial charge in [0, 0.05) is 16.6 Å². The van der Waals surface area contributed by atoms with Crippen LogP contribution in [-0.4, -0.2) is 16.1 Å². The first-order valence-electron chi connectivity index (χ1n) is 8.08. The number of hydrogen-bond acceptors (Lipinski definition) is 4. The third kappa shape index (κ3) is 4.50. The first-order valence-corrected chi connectivity index (χ1v) is 9.84. The summed E-state index contributed by atoms with van der Waals surface area (Å²) >= 11 is 3.07. The Morgan fingerprint density at radius 1 is 1.16 bits per heavy atom. The number of aromatic nitrogens is 1. The Bertz CT molecular complexity index is 874. The third-order valence-electron chi connectivity index (χ3n) is 3.85. The molecule has 1 aromatic heterocycles. The first kappa shape index (κ1) is 17.7. The Labute approximate surface area is 156 Å². The maximum absolute atomic E-state index is 12.5. The number of thiazole rings is 1. The van der Waals surface area contributed by atoms with Gasteiger partial charge in [-0.2, -0.15) is 0 Å². The van der Waals surface area contributed by atoms with Crippen LogP contribution in [0.1, 0.15) is 18.1 Å². The second-order valence-corrected chi connectivity index (χ2v) is 8.38. The Kier molecular flexibility index (Phi) is 5.56. The van der Waals surface area contributed by atoms with Gasteiger partial charge in [-0.15, -0.1) is 11.3 Å². The van der Waals surface area contributed by atoms with Crippen LogP contribution in [0.4, 0.5) is 5.69 Å². The molecule has 1 amide bonds. The molecule has 0 aliphatic rings. The largest absolute Gasteiger partial charge is 0.325 e. The van der Waals surface area contributed by atoms with Crippen molar-refractivity contribution in [1.82, 2.24) is 4.98 Å². The van der Waals surface area contributed by atoms with Gasteiger partial charge in [0.05, 0.1) is 10.9 Å². The van der Waals surface area contributed by atoms with E-state index in [1.807, 2.05) is 74.7 Å². The van der Waals surface area contributed by atoms with E-state index in [2.05, 4.69) is 10.3 Å². The minimum absolute atomic E-state index is 0.00448. The molecule has 25 heavy (non-hydrogen) atoms. The van der Waals surface area contributed by atoms with E-state index in [1.165, 1.54) is 11.8 Å². The van der Waals surface area contributed by atoms with E-state index in [-0.39, 0.29) is 11.2 Å². The predicted octanol–water partition coefficient (Wildman–Crippen LogP) is 5.55. The summed E-state index contributed by atoms with van der Waals surface area (Å²) in [6, 6.07) is 16.1. The highest BCUT2D eigenvalue weighted by atomic mass is 32.2. The summed E-state index contributed by atoms with van der Waals surface area (Å²) in [4.78, 5) is 17.1. The van der Waals surface area contributed by atoms with Gasteiger partial charge in [0.25, 0.3) is 0 Å². The van der Waals surface area contributed by atoms with Gasteiger partial charge in [0.2, 0.25) is 5.91 Å². The van der Waals surface area contributed by atoms with Crippen molar-refractivity contribution >= 4 is 34.7 Å². The number of anilines is 1. The van der Waals surface area contributed by atoms with Crippen LogP contribution in [0.3, 0.4) is 0 Å². The zero-order valence-electron chi connectivity index (χ0n) is 14.4. The van der Waals surface area contributed by atoms with E-state index in [0.717, 1.165) is 32.4 Å². The van der Waals surface area contributed by atoms with Crippen LogP contribution < -0.4 is 5.32 Å². The number of amides is 1. The van der Waals surface area contributed by atoms with Gasteiger partial charge >= 0.3 is 0 Å². The molecule has 0 saturated heterocycles. The second kappa shape index (κ2) is 7.85. The van der Waals surface area contributed by atoms with Crippen molar-refractivity contribution in [2.75, 3.05) is 5.32 Å². The molecule has 0 saturated carbocycles. The summed E-state index contributed by atoms with van der Waals surface area (Å²) in [6.45, 7) is 5.93. The van der Waals surface area contributed by atoms with Crippen molar-refractivity contribution in [3.05, 3.63) is 65.0 Å². The lowest BCUT2D eigenvalue weighted by Crippen LogP contribution is -2.22. The molecule has 128 valence electrons. The summed E-state index contributed by atoms with van der Waals surface area (Å²) in [5, 5.41) is 4.85. The van der Waals surface area contributed by atoms with Gasteiger partial charge < -0.3 is 5.32 Å². The average Bonchev–Trinajstić information content (AvgIpc) is 3.07. The lowest BCUT2D eigenvalue weighted by Gasteiger charge is -2.13. The molecule has 1 N–H and O–H groups in total. The zero-order valence-corrected chi connectivity index (χ0v) is 16.1. The van der Waals surface area contributed by atoms with Crippen molar-refractivity contribution < 1.29 is 4.79 Å². The number of nitrogens with one attached hydrogen (secondary N) is 1. The van der Waals surface area contributed by atoms with Gasteiger partial charge in [-0.1, -0.05) is 54.2 Å². The molecule has 3 rings (SSSR count). The topological polar surface area (TPSA) is 42.0 Å². The third-order valence-corrected chi connectivity index (χ3v) is 5.92. The van der Waals surface area contributed by atoms with Crippen LogP contribution in [0.2, 0.25) is 0 Å². The molecule has 1 heterocycles. The Morgan fingerprint density at radius 3 is 2.68 bits per heavy atom. The molecule has 3 nitrogen and oxygen atoms in total. The molecule has 0 aliphatic heterocycles. The quantitative estimate of drug-likeness (QED) is 0.601. The smallest absolute Gasteiger partial charge is 0.237 e. The van der Waals surface area contributed by atoms with Crippen LogP contribution in [0.5, 0.6) is 0 Å². The molecular formula is C20H20N2OS2. The summed E-state index contributed by atoms with van der Waals surface area (Å²) in [5.74, 6) is -0.00448. The normalized spacial score (nSPS) is 12.0. The molecule has 2 aromatic carbocycles. The van der Waals surface area contributed by atoms with Crippen molar-refractivity contribution in [3.8, 4) is 11.3 Å². The monoisotopic (exact) mass is 368 g/mol. The fraction of sp³-hybridized carbons (Fsp3) is 0.200. The number of benzene rings is 2. The minimum atomic E-state index is -0.213. The first-order chi connectivity index (χ1) is 12.0.